The molecular weight excluding hydrogens is 396 g/mol. The van der Waals surface area contributed by atoms with E-state index < -0.39 is 6.04 Å². The van der Waals surface area contributed by atoms with Gasteiger partial charge >= 0.3 is 0 Å². The summed E-state index contributed by atoms with van der Waals surface area (Å²) >= 11 is 6.13. The minimum Gasteiger partial charge on any atom is -0.352 e. The minimum absolute atomic E-state index is 0.0235. The fourth-order valence-corrected chi connectivity index (χ4v) is 4.17. The third-order valence-electron chi connectivity index (χ3n) is 5.86. The maximum Gasteiger partial charge on any atom is 0.242 e. The zero-order valence-electron chi connectivity index (χ0n) is 17.9. The summed E-state index contributed by atoms with van der Waals surface area (Å²) < 4.78 is 0. The van der Waals surface area contributed by atoms with E-state index in [1.54, 1.807) is 4.90 Å². The Bertz CT molecular complexity index is 860. The molecule has 0 unspecified atom stereocenters. The summed E-state index contributed by atoms with van der Waals surface area (Å²) in [6, 6.07) is 15.4. The summed E-state index contributed by atoms with van der Waals surface area (Å²) in [7, 11) is 0. The number of nitrogens with zero attached hydrogens (tertiary/aromatic N) is 1. The van der Waals surface area contributed by atoms with E-state index in [-0.39, 0.29) is 17.9 Å². The lowest BCUT2D eigenvalue weighted by atomic mass is 10.1. The molecule has 0 heterocycles. The smallest absolute Gasteiger partial charge is 0.242 e. The predicted octanol–water partition coefficient (Wildman–Crippen LogP) is 5.06. The molecule has 0 saturated heterocycles. The molecule has 160 valence electrons. The Labute approximate surface area is 184 Å². The van der Waals surface area contributed by atoms with Crippen LogP contribution in [-0.2, 0) is 22.6 Å². The number of halogens is 1. The predicted molar refractivity (Wildman–Crippen MR) is 121 cm³/mol. The molecule has 1 aliphatic carbocycles. The van der Waals surface area contributed by atoms with Gasteiger partial charge in [-0.05, 0) is 56.4 Å². The molecule has 2 aromatic rings. The van der Waals surface area contributed by atoms with E-state index in [1.165, 1.54) is 5.56 Å². The first-order valence-corrected chi connectivity index (χ1v) is 11.2. The van der Waals surface area contributed by atoms with Crippen molar-refractivity contribution in [3.8, 4) is 0 Å². The molecule has 0 bridgehead atoms. The Hall–Kier alpha value is -2.33. The van der Waals surface area contributed by atoms with Gasteiger partial charge in [-0.3, -0.25) is 9.59 Å². The van der Waals surface area contributed by atoms with Crippen molar-refractivity contribution in [3.63, 3.8) is 0 Å². The van der Waals surface area contributed by atoms with Gasteiger partial charge in [0.25, 0.3) is 0 Å². The van der Waals surface area contributed by atoms with Crippen molar-refractivity contribution in [3.05, 3.63) is 70.2 Å². The molecule has 5 heteroatoms. The van der Waals surface area contributed by atoms with Crippen molar-refractivity contribution in [2.24, 2.45) is 0 Å². The Balaban J connectivity index is 1.70. The third kappa shape index (κ3) is 6.33. The van der Waals surface area contributed by atoms with E-state index in [0.29, 0.717) is 24.4 Å². The van der Waals surface area contributed by atoms with E-state index in [1.807, 2.05) is 38.1 Å². The van der Waals surface area contributed by atoms with Crippen LogP contribution < -0.4 is 5.32 Å². The molecule has 0 aromatic heterocycles. The summed E-state index contributed by atoms with van der Waals surface area (Å²) in [5.41, 5.74) is 3.25. The van der Waals surface area contributed by atoms with Gasteiger partial charge in [-0.25, -0.2) is 0 Å². The average Bonchev–Trinajstić information content (AvgIpc) is 3.24. The maximum atomic E-state index is 13.2. The van der Waals surface area contributed by atoms with Crippen molar-refractivity contribution < 1.29 is 9.59 Å². The Kier molecular flexibility index (Phi) is 7.92. The largest absolute Gasteiger partial charge is 0.352 e. The van der Waals surface area contributed by atoms with Gasteiger partial charge in [0.05, 0.1) is 0 Å². The Morgan fingerprint density at radius 1 is 1.10 bits per heavy atom. The van der Waals surface area contributed by atoms with E-state index in [9.17, 15) is 9.59 Å². The van der Waals surface area contributed by atoms with E-state index in [0.717, 1.165) is 36.8 Å². The zero-order valence-corrected chi connectivity index (χ0v) is 18.6. The second-order valence-electron chi connectivity index (χ2n) is 8.30. The van der Waals surface area contributed by atoms with Crippen LogP contribution in [0.4, 0.5) is 0 Å². The topological polar surface area (TPSA) is 49.4 Å². The monoisotopic (exact) mass is 426 g/mol. The molecule has 1 fully saturated rings. The summed E-state index contributed by atoms with van der Waals surface area (Å²) in [5, 5.41) is 3.76. The number of benzene rings is 2. The number of nitrogens with one attached hydrogen (secondary N) is 1. The number of hydrogen-bond acceptors (Lipinski definition) is 2. The summed E-state index contributed by atoms with van der Waals surface area (Å²) in [5.74, 6) is -0.0998. The molecule has 1 N–H and O–H groups in total. The maximum absolute atomic E-state index is 13.2. The second kappa shape index (κ2) is 10.6. The molecular formula is C25H31ClN2O2. The highest BCUT2D eigenvalue weighted by Gasteiger charge is 2.28. The SMILES string of the molecule is Cc1ccc(CCC(=O)N(Cc2cccc(Cl)c2)[C@H](C)C(=O)NC2CCCC2)cc1. The number of hydrogen-bond donors (Lipinski definition) is 1. The number of aryl methyl sites for hydroxylation is 2. The highest BCUT2D eigenvalue weighted by molar-refractivity contribution is 6.30. The lowest BCUT2D eigenvalue weighted by Gasteiger charge is -2.30. The average molecular weight is 427 g/mol. The van der Waals surface area contributed by atoms with Gasteiger partial charge in [0.15, 0.2) is 0 Å². The molecule has 0 radical (unpaired) electrons. The normalized spacial score (nSPS) is 15.0. The van der Waals surface area contributed by atoms with Gasteiger partial charge in [0.2, 0.25) is 11.8 Å². The molecule has 0 spiro atoms. The van der Waals surface area contributed by atoms with Crippen LogP contribution in [0.2, 0.25) is 5.02 Å². The van der Waals surface area contributed by atoms with Crippen LogP contribution in [0.1, 0.15) is 55.7 Å². The first-order chi connectivity index (χ1) is 14.4. The van der Waals surface area contributed by atoms with Crippen LogP contribution in [0.3, 0.4) is 0 Å². The molecule has 2 aromatic carbocycles. The summed E-state index contributed by atoms with van der Waals surface area (Å²) in [4.78, 5) is 27.7. The van der Waals surface area contributed by atoms with E-state index in [2.05, 4.69) is 29.6 Å². The molecule has 3 rings (SSSR count). The first kappa shape index (κ1) is 22.4. The van der Waals surface area contributed by atoms with Gasteiger partial charge < -0.3 is 10.2 Å². The molecule has 1 aliphatic rings. The van der Waals surface area contributed by atoms with E-state index >= 15 is 0 Å². The van der Waals surface area contributed by atoms with Crippen LogP contribution in [-0.4, -0.2) is 28.8 Å². The van der Waals surface area contributed by atoms with Crippen molar-refractivity contribution in [2.75, 3.05) is 0 Å². The highest BCUT2D eigenvalue weighted by atomic mass is 35.5. The molecule has 30 heavy (non-hydrogen) atoms. The van der Waals surface area contributed by atoms with Crippen LogP contribution in [0.25, 0.3) is 0 Å². The fourth-order valence-electron chi connectivity index (χ4n) is 3.96. The van der Waals surface area contributed by atoms with Crippen molar-refractivity contribution in [2.45, 2.75) is 71.0 Å². The molecule has 4 nitrogen and oxygen atoms in total. The minimum atomic E-state index is -0.532. The van der Waals surface area contributed by atoms with Gasteiger partial charge in [0.1, 0.15) is 6.04 Å². The number of rotatable bonds is 8. The van der Waals surface area contributed by atoms with Crippen LogP contribution in [0.15, 0.2) is 48.5 Å². The number of carbonyl (C=O) groups excluding carboxylic acids is 2. The Morgan fingerprint density at radius 3 is 2.47 bits per heavy atom. The first-order valence-electron chi connectivity index (χ1n) is 10.8. The van der Waals surface area contributed by atoms with Crippen molar-refractivity contribution >= 4 is 23.4 Å². The Morgan fingerprint density at radius 2 is 1.80 bits per heavy atom. The molecule has 0 aliphatic heterocycles. The number of amides is 2. The fraction of sp³-hybridized carbons (Fsp3) is 0.440. The zero-order chi connectivity index (χ0) is 21.5. The van der Waals surface area contributed by atoms with Crippen LogP contribution in [0.5, 0.6) is 0 Å². The quantitative estimate of drug-likeness (QED) is 0.641. The van der Waals surface area contributed by atoms with E-state index in [4.69, 9.17) is 11.6 Å². The van der Waals surface area contributed by atoms with Gasteiger partial charge in [0, 0.05) is 24.0 Å². The van der Waals surface area contributed by atoms with Crippen LogP contribution >= 0.6 is 11.6 Å². The second-order valence-corrected chi connectivity index (χ2v) is 8.74. The lowest BCUT2D eigenvalue weighted by Crippen LogP contribution is -2.49. The lowest BCUT2D eigenvalue weighted by molar-refractivity contribution is -0.140. The van der Waals surface area contributed by atoms with Gasteiger partial charge in [-0.1, -0.05) is 66.4 Å². The van der Waals surface area contributed by atoms with Crippen molar-refractivity contribution in [1.82, 2.24) is 10.2 Å². The third-order valence-corrected chi connectivity index (χ3v) is 6.09. The molecule has 1 saturated carbocycles. The van der Waals surface area contributed by atoms with Gasteiger partial charge in [-0.2, -0.15) is 0 Å². The standard InChI is InChI=1S/C25H31ClN2O2/c1-18-10-12-20(13-11-18)14-15-24(29)28(17-21-6-5-7-22(26)16-21)19(2)25(30)27-23-8-3-4-9-23/h5-7,10-13,16,19,23H,3-4,8-9,14-15,17H2,1-2H3,(H,27,30)/t19-/m1/s1. The molecule has 1 atom stereocenters. The van der Waals surface area contributed by atoms with Crippen molar-refractivity contribution in [1.29, 1.82) is 0 Å². The highest BCUT2D eigenvalue weighted by Crippen LogP contribution is 2.20. The summed E-state index contributed by atoms with van der Waals surface area (Å²) in [6.45, 7) is 4.23. The number of carbonyl (C=O) groups is 2. The molecule has 2 amide bonds. The van der Waals surface area contributed by atoms with Gasteiger partial charge in [-0.15, -0.1) is 0 Å². The van der Waals surface area contributed by atoms with Crippen LogP contribution in [0, 0.1) is 6.92 Å². The summed E-state index contributed by atoms with van der Waals surface area (Å²) in [6.07, 6.45) is 5.37.